The van der Waals surface area contributed by atoms with E-state index in [2.05, 4.69) is 5.32 Å². The highest BCUT2D eigenvalue weighted by atomic mass is 16.5. The molecule has 0 aliphatic heterocycles. The molecule has 0 saturated carbocycles. The Morgan fingerprint density at radius 1 is 0.966 bits per heavy atom. The van der Waals surface area contributed by atoms with Crippen LogP contribution in [-0.4, -0.2) is 24.4 Å². The summed E-state index contributed by atoms with van der Waals surface area (Å²) in [5.41, 5.74) is 0.694. The van der Waals surface area contributed by atoms with E-state index in [0.717, 1.165) is 0 Å². The van der Waals surface area contributed by atoms with Crippen molar-refractivity contribution >= 4 is 22.5 Å². The maximum atomic E-state index is 12.9. The molecule has 3 rings (SSSR count). The van der Waals surface area contributed by atoms with Gasteiger partial charge in [0.05, 0.1) is 19.3 Å². The van der Waals surface area contributed by atoms with Gasteiger partial charge in [0.2, 0.25) is 11.6 Å². The Kier molecular flexibility index (Phi) is 5.87. The van der Waals surface area contributed by atoms with Crippen molar-refractivity contribution in [2.45, 2.75) is 39.9 Å². The summed E-state index contributed by atoms with van der Waals surface area (Å²) in [5.74, 6) is 1.47. The van der Waals surface area contributed by atoms with Crippen LogP contribution in [0.25, 0.3) is 11.0 Å². The third-order valence-corrected chi connectivity index (χ3v) is 3.95. The second kappa shape index (κ2) is 8.34. The summed E-state index contributed by atoms with van der Waals surface area (Å²) in [6.45, 7) is 7.52. The van der Waals surface area contributed by atoms with Crippen LogP contribution in [0.2, 0.25) is 0 Å². The third-order valence-electron chi connectivity index (χ3n) is 3.95. The predicted octanol–water partition coefficient (Wildman–Crippen LogP) is 4.83. The Hall–Kier alpha value is -3.35. The van der Waals surface area contributed by atoms with E-state index in [1.165, 1.54) is 25.3 Å². The number of phenolic OH excluding ortho intramolecular Hbond substituents is 1. The number of rotatable bonds is 7. The van der Waals surface area contributed by atoms with Crippen molar-refractivity contribution in [1.29, 1.82) is 0 Å². The number of phenols is 1. The molecule has 154 valence electrons. The maximum absolute atomic E-state index is 12.9. The molecule has 1 aromatic heterocycles. The van der Waals surface area contributed by atoms with E-state index in [9.17, 15) is 9.90 Å². The number of anilines is 2. The fraction of sp³-hybridized carbons (Fsp3) is 0.318. The van der Waals surface area contributed by atoms with Gasteiger partial charge in [-0.3, -0.25) is 4.79 Å². The summed E-state index contributed by atoms with van der Waals surface area (Å²) in [6, 6.07) is 9.41. The summed E-state index contributed by atoms with van der Waals surface area (Å²) in [6.07, 6.45) is -0.297. The summed E-state index contributed by atoms with van der Waals surface area (Å²) in [4.78, 5) is 12.9. The van der Waals surface area contributed by atoms with Crippen LogP contribution in [0.15, 0.2) is 45.6 Å². The second-order valence-corrected chi connectivity index (χ2v) is 7.09. The minimum absolute atomic E-state index is 0.113. The summed E-state index contributed by atoms with van der Waals surface area (Å²) < 4.78 is 23.2. The first-order valence-electron chi connectivity index (χ1n) is 9.36. The lowest BCUT2D eigenvalue weighted by Gasteiger charge is -2.20. The van der Waals surface area contributed by atoms with E-state index in [0.29, 0.717) is 28.5 Å². The Morgan fingerprint density at radius 3 is 2.21 bits per heavy atom. The maximum Gasteiger partial charge on any atom is 0.204 e. The van der Waals surface area contributed by atoms with Gasteiger partial charge in [-0.2, -0.15) is 0 Å². The first-order chi connectivity index (χ1) is 13.8. The first kappa shape index (κ1) is 20.4. The second-order valence-electron chi connectivity index (χ2n) is 7.09. The van der Waals surface area contributed by atoms with Crippen molar-refractivity contribution in [3.05, 3.63) is 46.6 Å². The van der Waals surface area contributed by atoms with Gasteiger partial charge in [0.15, 0.2) is 16.9 Å². The molecule has 2 N–H and O–H groups in total. The monoisotopic (exact) mass is 399 g/mol. The van der Waals surface area contributed by atoms with Crippen LogP contribution in [0.4, 0.5) is 11.6 Å². The highest BCUT2D eigenvalue weighted by molar-refractivity contribution is 5.90. The largest absolute Gasteiger partial charge is 0.508 e. The van der Waals surface area contributed by atoms with E-state index < -0.39 is 0 Å². The number of methoxy groups -OCH3 is 1. The third kappa shape index (κ3) is 4.56. The van der Waals surface area contributed by atoms with Crippen molar-refractivity contribution in [3.63, 3.8) is 0 Å². The molecule has 0 spiro atoms. The zero-order valence-electron chi connectivity index (χ0n) is 17.1. The van der Waals surface area contributed by atoms with Crippen molar-refractivity contribution in [2.24, 2.45) is 0 Å². The topological polar surface area (TPSA) is 90.2 Å². The number of aromatic hydroxyl groups is 1. The molecule has 0 saturated heterocycles. The lowest BCUT2D eigenvalue weighted by Crippen LogP contribution is -2.13. The highest BCUT2D eigenvalue weighted by Crippen LogP contribution is 2.44. The molecule has 2 aromatic carbocycles. The molecule has 0 amide bonds. The molecular weight excluding hydrogens is 374 g/mol. The SMILES string of the molecule is COc1c(OC(C)C)cc2oc(Nc3ccc(O)cc3)cc(=O)c2c1OC(C)C. The van der Waals surface area contributed by atoms with Gasteiger partial charge in [-0.1, -0.05) is 0 Å². The number of hydrogen-bond acceptors (Lipinski definition) is 7. The smallest absolute Gasteiger partial charge is 0.204 e. The number of nitrogens with one attached hydrogen (secondary N) is 1. The van der Waals surface area contributed by atoms with Crippen LogP contribution in [0, 0.1) is 0 Å². The number of benzene rings is 2. The number of fused-ring (bicyclic) bond motifs is 1. The van der Waals surface area contributed by atoms with Crippen LogP contribution < -0.4 is 25.0 Å². The zero-order valence-corrected chi connectivity index (χ0v) is 17.1. The van der Waals surface area contributed by atoms with Crippen LogP contribution >= 0.6 is 0 Å². The summed E-state index contributed by atoms with van der Waals surface area (Å²) >= 11 is 0. The van der Waals surface area contributed by atoms with Crippen molar-refractivity contribution < 1.29 is 23.7 Å². The molecule has 29 heavy (non-hydrogen) atoms. The van der Waals surface area contributed by atoms with Crippen LogP contribution in [0.3, 0.4) is 0 Å². The summed E-state index contributed by atoms with van der Waals surface area (Å²) in [7, 11) is 1.50. The summed E-state index contributed by atoms with van der Waals surface area (Å²) in [5, 5.41) is 12.7. The van der Waals surface area contributed by atoms with Crippen molar-refractivity contribution in [1.82, 2.24) is 0 Å². The zero-order chi connectivity index (χ0) is 21.1. The van der Waals surface area contributed by atoms with Crippen LogP contribution in [-0.2, 0) is 0 Å². The molecule has 0 unspecified atom stereocenters. The Balaban J connectivity index is 2.18. The van der Waals surface area contributed by atoms with E-state index >= 15 is 0 Å². The first-order valence-corrected chi connectivity index (χ1v) is 9.36. The van der Waals surface area contributed by atoms with Gasteiger partial charge < -0.3 is 29.1 Å². The Morgan fingerprint density at radius 2 is 1.62 bits per heavy atom. The average Bonchev–Trinajstić information content (AvgIpc) is 2.62. The quantitative estimate of drug-likeness (QED) is 0.550. The molecule has 7 heteroatoms. The lowest BCUT2D eigenvalue weighted by molar-refractivity contribution is 0.210. The van der Waals surface area contributed by atoms with Gasteiger partial charge in [-0.05, 0) is 52.0 Å². The normalized spacial score (nSPS) is 11.1. The minimum Gasteiger partial charge on any atom is -0.508 e. The molecule has 0 radical (unpaired) electrons. The van der Waals surface area contributed by atoms with Gasteiger partial charge in [0.25, 0.3) is 0 Å². The Labute approximate surface area is 168 Å². The molecule has 3 aromatic rings. The van der Waals surface area contributed by atoms with Crippen molar-refractivity contribution in [2.75, 3.05) is 12.4 Å². The van der Waals surface area contributed by atoms with E-state index in [1.54, 1.807) is 18.2 Å². The van der Waals surface area contributed by atoms with Crippen LogP contribution in [0.5, 0.6) is 23.0 Å². The minimum atomic E-state index is -0.280. The highest BCUT2D eigenvalue weighted by Gasteiger charge is 2.23. The molecule has 0 atom stereocenters. The van der Waals surface area contributed by atoms with Crippen LogP contribution in [0.1, 0.15) is 27.7 Å². The lowest BCUT2D eigenvalue weighted by atomic mass is 10.1. The fourth-order valence-electron chi connectivity index (χ4n) is 2.88. The van der Waals surface area contributed by atoms with E-state index in [1.807, 2.05) is 27.7 Å². The standard InChI is InChI=1S/C22H25NO6/c1-12(2)27-18-11-17-20(22(21(18)26-5)28-13(3)4)16(25)10-19(29-17)23-14-6-8-15(24)9-7-14/h6-13,23-24H,1-5H3. The Bertz CT molecular complexity index is 1050. The molecule has 1 heterocycles. The predicted molar refractivity (Wildman–Crippen MR) is 112 cm³/mol. The van der Waals surface area contributed by atoms with Gasteiger partial charge >= 0.3 is 0 Å². The van der Waals surface area contributed by atoms with Gasteiger partial charge in [0, 0.05) is 17.8 Å². The molecule has 0 aliphatic carbocycles. The molecule has 0 bridgehead atoms. The average molecular weight is 399 g/mol. The van der Waals surface area contributed by atoms with Gasteiger partial charge in [-0.25, -0.2) is 0 Å². The van der Waals surface area contributed by atoms with E-state index in [4.69, 9.17) is 18.6 Å². The van der Waals surface area contributed by atoms with E-state index in [-0.39, 0.29) is 34.7 Å². The number of ether oxygens (including phenoxy) is 3. The molecule has 0 fully saturated rings. The molecular formula is C22H25NO6. The molecule has 0 aliphatic rings. The van der Waals surface area contributed by atoms with Gasteiger partial charge in [0.1, 0.15) is 16.7 Å². The van der Waals surface area contributed by atoms with Crippen molar-refractivity contribution in [3.8, 4) is 23.0 Å². The fourth-order valence-corrected chi connectivity index (χ4v) is 2.88. The number of hydrogen-bond donors (Lipinski definition) is 2. The van der Waals surface area contributed by atoms with Gasteiger partial charge in [-0.15, -0.1) is 0 Å². The molecule has 7 nitrogen and oxygen atoms in total.